The van der Waals surface area contributed by atoms with Crippen LogP contribution in [-0.2, 0) is 19.1 Å². The highest BCUT2D eigenvalue weighted by Crippen LogP contribution is 2.68. The van der Waals surface area contributed by atoms with Crippen LogP contribution in [0.1, 0.15) is 39.0 Å². The van der Waals surface area contributed by atoms with E-state index in [1.54, 1.807) is 33.7 Å². The smallest absolute Gasteiger partial charge is 0.310 e. The van der Waals surface area contributed by atoms with E-state index < -0.39 is 22.6 Å². The number of likely N-dealkylation sites (tertiary alicyclic amines) is 1. The topological polar surface area (TPSA) is 87.2 Å². The zero-order valence-corrected chi connectivity index (χ0v) is 24.6. The molecule has 1 spiro atoms. The highest BCUT2D eigenvalue weighted by Gasteiger charge is 2.76. The molecule has 1 N–H and O–H groups in total. The number of hydrogen-bond donors (Lipinski definition) is 1. The number of unbranched alkanes of at least 4 members (excludes halogenated alkanes) is 2. The van der Waals surface area contributed by atoms with E-state index >= 15 is 0 Å². The number of thioether (sulfide) groups is 1. The van der Waals surface area contributed by atoms with Crippen molar-refractivity contribution in [2.75, 3.05) is 31.2 Å². The molecule has 218 valence electrons. The fraction of sp³-hybridized carbons (Fsp3) is 0.485. The highest BCUT2D eigenvalue weighted by atomic mass is 32.2. The predicted molar refractivity (Wildman–Crippen MR) is 164 cm³/mol. The number of carbonyl (C=O) groups is 3. The summed E-state index contributed by atoms with van der Waals surface area (Å²) in [6.07, 6.45) is 6.81. The average molecular weight is 577 g/mol. The number of esters is 1. The first-order chi connectivity index (χ1) is 19.9. The van der Waals surface area contributed by atoms with Crippen LogP contribution in [-0.4, -0.2) is 70.1 Å². The van der Waals surface area contributed by atoms with Crippen LogP contribution in [0.3, 0.4) is 0 Å². The number of amides is 2. The molecule has 2 bridgehead atoms. The molecule has 3 heterocycles. The van der Waals surface area contributed by atoms with Gasteiger partial charge in [0.05, 0.1) is 23.2 Å². The number of anilines is 1. The summed E-state index contributed by atoms with van der Waals surface area (Å²) in [6, 6.07) is 13.2. The van der Waals surface area contributed by atoms with E-state index in [-0.39, 0.29) is 35.6 Å². The van der Waals surface area contributed by atoms with Gasteiger partial charge in [0.1, 0.15) is 6.04 Å². The Morgan fingerprint density at radius 2 is 1.93 bits per heavy atom. The van der Waals surface area contributed by atoms with Gasteiger partial charge in [-0.1, -0.05) is 49.4 Å². The van der Waals surface area contributed by atoms with Gasteiger partial charge in [0.15, 0.2) is 0 Å². The Morgan fingerprint density at radius 1 is 1.15 bits per heavy atom. The molecule has 8 heteroatoms. The number of fused-ring (bicyclic) bond motifs is 2. The van der Waals surface area contributed by atoms with Gasteiger partial charge in [-0.05, 0) is 60.9 Å². The lowest BCUT2D eigenvalue weighted by atomic mass is 9.66. The van der Waals surface area contributed by atoms with Gasteiger partial charge in [0, 0.05) is 30.6 Å². The van der Waals surface area contributed by atoms with Crippen LogP contribution >= 0.6 is 11.8 Å². The Hall–Kier alpha value is -3.10. The molecule has 0 aliphatic carbocycles. The standard InChI is InChI=1S/C33H40N2O5S/c1-4-6-11-19-40-32(39)27-26-20-22(3)33(41-26)28(27)30(37)35(17-9-10-18-36)29(33)31(38)34(16-5-2)25-15-14-23-12-7-8-13-24(23)21-25/h4-5,7-8,12-15,21-22,26-29,36H,1-2,6,9-11,16-20H2,3H3/t22?,26-,27+,28-,29?,33?/m0/s1. The molecule has 6 atom stereocenters. The normalized spacial score (nSPS) is 28.1. The van der Waals surface area contributed by atoms with Gasteiger partial charge in [-0.25, -0.2) is 0 Å². The summed E-state index contributed by atoms with van der Waals surface area (Å²) in [4.78, 5) is 45.9. The van der Waals surface area contributed by atoms with Crippen LogP contribution in [0.25, 0.3) is 10.8 Å². The van der Waals surface area contributed by atoms with Gasteiger partial charge >= 0.3 is 5.97 Å². The maximum absolute atomic E-state index is 14.7. The van der Waals surface area contributed by atoms with Crippen molar-refractivity contribution in [1.29, 1.82) is 0 Å². The van der Waals surface area contributed by atoms with Crippen molar-refractivity contribution in [1.82, 2.24) is 4.90 Å². The maximum Gasteiger partial charge on any atom is 0.310 e. The summed E-state index contributed by atoms with van der Waals surface area (Å²) < 4.78 is 4.96. The van der Waals surface area contributed by atoms with Crippen LogP contribution in [0.5, 0.6) is 0 Å². The minimum atomic E-state index is -0.728. The molecule has 3 saturated heterocycles. The van der Waals surface area contributed by atoms with E-state index in [0.717, 1.165) is 29.3 Å². The van der Waals surface area contributed by atoms with Crippen molar-refractivity contribution in [2.45, 2.75) is 55.1 Å². The summed E-state index contributed by atoms with van der Waals surface area (Å²) in [6.45, 7) is 10.7. The van der Waals surface area contributed by atoms with Gasteiger partial charge in [-0.3, -0.25) is 14.4 Å². The number of carbonyl (C=O) groups excluding carboxylic acids is 3. The number of allylic oxidation sites excluding steroid dienone is 1. The van der Waals surface area contributed by atoms with E-state index in [2.05, 4.69) is 20.1 Å². The lowest BCUT2D eigenvalue weighted by Crippen LogP contribution is -2.57. The quantitative estimate of drug-likeness (QED) is 0.206. The molecule has 41 heavy (non-hydrogen) atoms. The second-order valence-electron chi connectivity index (χ2n) is 11.4. The van der Waals surface area contributed by atoms with Crippen molar-refractivity contribution in [3.05, 3.63) is 67.8 Å². The van der Waals surface area contributed by atoms with Gasteiger partial charge in [0.25, 0.3) is 5.91 Å². The minimum absolute atomic E-state index is 0.0157. The van der Waals surface area contributed by atoms with E-state index in [1.165, 1.54) is 0 Å². The summed E-state index contributed by atoms with van der Waals surface area (Å²) in [5.74, 6) is -1.75. The number of aliphatic hydroxyl groups excluding tert-OH is 1. The molecule has 3 fully saturated rings. The molecule has 3 aliphatic rings. The SMILES string of the molecule is C=CCCCOC(=O)[C@@H]1[C@@H]2CC(C)C3(S2)C(C(=O)N(CC=C)c2ccc4ccccc4c2)N(CCCCO)C(=O)[C@H]13. The molecular weight excluding hydrogens is 536 g/mol. The van der Waals surface area contributed by atoms with Crippen LogP contribution in [0, 0.1) is 17.8 Å². The molecule has 2 aromatic carbocycles. The van der Waals surface area contributed by atoms with Gasteiger partial charge in [-0.15, -0.1) is 24.9 Å². The Kier molecular flexibility index (Phi) is 8.90. The van der Waals surface area contributed by atoms with Crippen LogP contribution in [0.4, 0.5) is 5.69 Å². The summed E-state index contributed by atoms with van der Waals surface area (Å²) in [5.41, 5.74) is 0.750. The largest absolute Gasteiger partial charge is 0.465 e. The van der Waals surface area contributed by atoms with Crippen molar-refractivity contribution in [2.24, 2.45) is 17.8 Å². The fourth-order valence-electron chi connectivity index (χ4n) is 7.14. The third-order valence-electron chi connectivity index (χ3n) is 8.98. The second kappa shape index (κ2) is 12.4. The minimum Gasteiger partial charge on any atom is -0.465 e. The van der Waals surface area contributed by atoms with Crippen molar-refractivity contribution < 1.29 is 24.2 Å². The molecule has 2 amide bonds. The van der Waals surface area contributed by atoms with Crippen LogP contribution < -0.4 is 4.90 Å². The number of ether oxygens (including phenoxy) is 1. The molecular formula is C33H40N2O5S. The van der Waals surface area contributed by atoms with E-state index in [0.29, 0.717) is 39.0 Å². The number of aliphatic hydroxyl groups is 1. The summed E-state index contributed by atoms with van der Waals surface area (Å²) in [7, 11) is 0. The third kappa shape index (κ3) is 5.10. The summed E-state index contributed by atoms with van der Waals surface area (Å²) in [5, 5.41) is 11.5. The second-order valence-corrected chi connectivity index (χ2v) is 12.9. The first kappa shape index (κ1) is 29.4. The molecule has 3 unspecified atom stereocenters. The monoisotopic (exact) mass is 576 g/mol. The average Bonchev–Trinajstić information content (AvgIpc) is 3.57. The lowest BCUT2D eigenvalue weighted by Gasteiger charge is -2.40. The van der Waals surface area contributed by atoms with Crippen LogP contribution in [0.15, 0.2) is 67.8 Å². The third-order valence-corrected chi connectivity index (χ3v) is 11.1. The van der Waals surface area contributed by atoms with E-state index in [4.69, 9.17) is 4.74 Å². The number of nitrogens with zero attached hydrogens (tertiary/aromatic N) is 2. The first-order valence-electron chi connectivity index (χ1n) is 14.7. The molecule has 2 aromatic rings. The van der Waals surface area contributed by atoms with Gasteiger partial charge < -0.3 is 19.6 Å². The summed E-state index contributed by atoms with van der Waals surface area (Å²) >= 11 is 1.65. The molecule has 0 radical (unpaired) electrons. The highest BCUT2D eigenvalue weighted by molar-refractivity contribution is 8.02. The Labute approximate surface area is 246 Å². The zero-order valence-electron chi connectivity index (χ0n) is 23.7. The van der Waals surface area contributed by atoms with Crippen molar-refractivity contribution in [3.63, 3.8) is 0 Å². The predicted octanol–water partition coefficient (Wildman–Crippen LogP) is 4.98. The number of rotatable bonds is 13. The number of benzene rings is 2. The molecule has 0 aromatic heterocycles. The molecule has 3 aliphatic heterocycles. The van der Waals surface area contributed by atoms with Crippen molar-refractivity contribution in [3.8, 4) is 0 Å². The van der Waals surface area contributed by atoms with Crippen molar-refractivity contribution >= 4 is 46.0 Å². The first-order valence-corrected chi connectivity index (χ1v) is 15.5. The van der Waals surface area contributed by atoms with E-state index in [1.807, 2.05) is 42.5 Å². The zero-order chi connectivity index (χ0) is 29.1. The Balaban J connectivity index is 1.52. The fourth-order valence-corrected chi connectivity index (χ4v) is 9.55. The Bertz CT molecular complexity index is 1330. The van der Waals surface area contributed by atoms with Gasteiger partial charge in [0.2, 0.25) is 5.91 Å². The number of hydrogen-bond acceptors (Lipinski definition) is 6. The van der Waals surface area contributed by atoms with Gasteiger partial charge in [-0.2, -0.15) is 0 Å². The molecule has 0 saturated carbocycles. The molecule has 7 nitrogen and oxygen atoms in total. The maximum atomic E-state index is 14.7. The van der Waals surface area contributed by atoms with Crippen LogP contribution in [0.2, 0.25) is 0 Å². The molecule has 5 rings (SSSR count). The van der Waals surface area contributed by atoms with E-state index in [9.17, 15) is 19.5 Å². The Morgan fingerprint density at radius 3 is 2.66 bits per heavy atom. The lowest BCUT2D eigenvalue weighted by molar-refractivity contribution is -0.154.